The number of nitrogens with zero attached hydrogens (tertiary/aromatic N) is 2. The maximum Gasteiger partial charge on any atom is 0.233 e. The van der Waals surface area contributed by atoms with Gasteiger partial charge in [0.05, 0.1) is 24.9 Å². The second kappa shape index (κ2) is 10.5. The highest BCUT2D eigenvalue weighted by molar-refractivity contribution is 14.0. The smallest absolute Gasteiger partial charge is 0.233 e. The summed E-state index contributed by atoms with van der Waals surface area (Å²) in [5.74, 6) is 1.73. The van der Waals surface area contributed by atoms with Crippen LogP contribution in [0, 0.1) is 30.6 Å². The van der Waals surface area contributed by atoms with E-state index in [0.29, 0.717) is 32.2 Å². The van der Waals surface area contributed by atoms with Crippen LogP contribution in [-0.2, 0) is 9.59 Å². The van der Waals surface area contributed by atoms with E-state index in [1.807, 2.05) is 38.1 Å². The number of nitrogens with one attached hydrogen (secondary N) is 2. The van der Waals surface area contributed by atoms with Gasteiger partial charge in [0.15, 0.2) is 5.96 Å². The number of imide groups is 1. The molecule has 1 saturated heterocycles. The van der Waals surface area contributed by atoms with E-state index >= 15 is 0 Å². The second-order valence-electron chi connectivity index (χ2n) is 8.13. The first-order chi connectivity index (χ1) is 14.6. The molecule has 168 valence electrons. The molecule has 4 unspecified atom stereocenters. The molecule has 2 fully saturated rings. The van der Waals surface area contributed by atoms with Gasteiger partial charge < -0.3 is 15.4 Å². The number of likely N-dealkylation sites (tertiary alicyclic amines) is 1. The van der Waals surface area contributed by atoms with E-state index in [0.717, 1.165) is 24.3 Å². The molecule has 4 atom stereocenters. The molecule has 0 aromatic heterocycles. The van der Waals surface area contributed by atoms with Gasteiger partial charge in [-0.1, -0.05) is 30.4 Å². The number of carbonyl (C=O) groups excluding carboxylic acids is 2. The van der Waals surface area contributed by atoms with Gasteiger partial charge in [0, 0.05) is 13.1 Å². The number of ether oxygens (including phenoxy) is 1. The topological polar surface area (TPSA) is 83.0 Å². The normalized spacial score (nSPS) is 26.1. The van der Waals surface area contributed by atoms with Gasteiger partial charge in [-0.25, -0.2) is 0 Å². The SMILES string of the molecule is CCNC(=NCCN1C(=O)C2C3C=CC(C3)C2C1=O)NCCOc1ccccc1C.I. The van der Waals surface area contributed by atoms with Crippen LogP contribution in [0.4, 0.5) is 0 Å². The van der Waals surface area contributed by atoms with E-state index in [1.165, 1.54) is 4.90 Å². The quantitative estimate of drug-likeness (QED) is 0.133. The van der Waals surface area contributed by atoms with E-state index in [1.54, 1.807) is 0 Å². The summed E-state index contributed by atoms with van der Waals surface area (Å²) in [5.41, 5.74) is 1.10. The third-order valence-corrected chi connectivity index (χ3v) is 6.25. The van der Waals surface area contributed by atoms with Gasteiger partial charge in [0.1, 0.15) is 12.4 Å². The molecule has 3 aliphatic rings. The number of guanidine groups is 1. The van der Waals surface area contributed by atoms with Crippen LogP contribution in [0.2, 0.25) is 0 Å². The minimum absolute atomic E-state index is 0. The number of para-hydroxylation sites is 1. The summed E-state index contributed by atoms with van der Waals surface area (Å²) >= 11 is 0. The lowest BCUT2D eigenvalue weighted by atomic mass is 9.85. The van der Waals surface area contributed by atoms with E-state index in [4.69, 9.17) is 4.74 Å². The van der Waals surface area contributed by atoms with Crippen LogP contribution in [0.1, 0.15) is 18.9 Å². The summed E-state index contributed by atoms with van der Waals surface area (Å²) in [5, 5.41) is 6.43. The van der Waals surface area contributed by atoms with Crippen LogP contribution in [-0.4, -0.2) is 55.5 Å². The fourth-order valence-corrected chi connectivity index (χ4v) is 4.84. The fraction of sp³-hybridized carbons (Fsp3) is 0.522. The Morgan fingerprint density at radius 2 is 1.81 bits per heavy atom. The van der Waals surface area contributed by atoms with Gasteiger partial charge in [-0.15, -0.1) is 24.0 Å². The maximum atomic E-state index is 12.7. The van der Waals surface area contributed by atoms with Crippen molar-refractivity contribution in [2.45, 2.75) is 20.3 Å². The van der Waals surface area contributed by atoms with E-state index in [-0.39, 0.29) is 59.5 Å². The van der Waals surface area contributed by atoms with Crippen LogP contribution in [0.3, 0.4) is 0 Å². The Hall–Kier alpha value is -2.10. The number of amides is 2. The summed E-state index contributed by atoms with van der Waals surface area (Å²) in [6.45, 7) is 6.57. The molecule has 2 amide bonds. The van der Waals surface area contributed by atoms with Crippen LogP contribution in [0.15, 0.2) is 41.4 Å². The molecular formula is C23H31IN4O3. The molecule has 2 N–H and O–H groups in total. The summed E-state index contributed by atoms with van der Waals surface area (Å²) in [7, 11) is 0. The number of fused-ring (bicyclic) bond motifs is 5. The largest absolute Gasteiger partial charge is 0.491 e. The minimum atomic E-state index is -0.138. The molecule has 1 aromatic rings. The number of aryl methyl sites for hydroxylation is 1. The molecule has 1 saturated carbocycles. The second-order valence-corrected chi connectivity index (χ2v) is 8.13. The summed E-state index contributed by atoms with van der Waals surface area (Å²) < 4.78 is 5.80. The average Bonchev–Trinajstić information content (AvgIpc) is 3.42. The summed E-state index contributed by atoms with van der Waals surface area (Å²) in [4.78, 5) is 31.4. The third-order valence-electron chi connectivity index (χ3n) is 6.25. The first kappa shape index (κ1) is 23.6. The number of benzene rings is 1. The van der Waals surface area contributed by atoms with Gasteiger partial charge >= 0.3 is 0 Å². The number of aliphatic imine (C=N–C) groups is 1. The zero-order valence-corrected chi connectivity index (χ0v) is 20.4. The van der Waals surface area contributed by atoms with Crippen molar-refractivity contribution < 1.29 is 14.3 Å². The Kier molecular flexibility index (Phi) is 7.96. The number of hydrogen-bond donors (Lipinski definition) is 2. The summed E-state index contributed by atoms with van der Waals surface area (Å²) in [6.07, 6.45) is 5.19. The van der Waals surface area contributed by atoms with Gasteiger partial charge in [-0.2, -0.15) is 0 Å². The standard InChI is InChI=1S/C23H30N4O3.HI/c1-3-24-23(26-11-13-30-18-7-5-4-6-15(18)2)25-10-12-27-21(28)19-16-8-9-17(14-16)20(19)22(27)29;/h4-9,16-17,19-20H,3,10-14H2,1-2H3,(H2,24,25,26);1H. The molecule has 31 heavy (non-hydrogen) atoms. The average molecular weight is 538 g/mol. The van der Waals surface area contributed by atoms with Crippen molar-refractivity contribution in [3.63, 3.8) is 0 Å². The van der Waals surface area contributed by atoms with Crippen LogP contribution in [0.25, 0.3) is 0 Å². The molecular weight excluding hydrogens is 507 g/mol. The molecule has 0 radical (unpaired) electrons. The molecule has 2 bridgehead atoms. The van der Waals surface area contributed by atoms with Crippen LogP contribution in [0.5, 0.6) is 5.75 Å². The van der Waals surface area contributed by atoms with Gasteiger partial charge in [0.25, 0.3) is 0 Å². The predicted octanol–water partition coefficient (Wildman–Crippen LogP) is 2.35. The Morgan fingerprint density at radius 1 is 1.13 bits per heavy atom. The highest BCUT2D eigenvalue weighted by Crippen LogP contribution is 2.52. The zero-order valence-electron chi connectivity index (χ0n) is 18.0. The van der Waals surface area contributed by atoms with E-state index in [9.17, 15) is 9.59 Å². The lowest BCUT2D eigenvalue weighted by Crippen LogP contribution is -2.40. The lowest BCUT2D eigenvalue weighted by molar-refractivity contribution is -0.140. The molecule has 1 heterocycles. The molecule has 2 aliphatic carbocycles. The van der Waals surface area contributed by atoms with E-state index < -0.39 is 0 Å². The molecule has 4 rings (SSSR count). The van der Waals surface area contributed by atoms with Crippen molar-refractivity contribution in [3.05, 3.63) is 42.0 Å². The number of halogens is 1. The monoisotopic (exact) mass is 538 g/mol. The third kappa shape index (κ3) is 4.88. The summed E-state index contributed by atoms with van der Waals surface area (Å²) in [6, 6.07) is 7.92. The van der Waals surface area contributed by atoms with Crippen molar-refractivity contribution in [2.24, 2.45) is 28.7 Å². The number of carbonyl (C=O) groups is 2. The van der Waals surface area contributed by atoms with E-state index in [2.05, 4.69) is 27.8 Å². The molecule has 1 aromatic carbocycles. The maximum absolute atomic E-state index is 12.7. The fourth-order valence-electron chi connectivity index (χ4n) is 4.84. The number of hydrogen-bond acceptors (Lipinski definition) is 4. The highest BCUT2D eigenvalue weighted by atomic mass is 127. The Labute approximate surface area is 200 Å². The molecule has 7 nitrogen and oxygen atoms in total. The van der Waals surface area contributed by atoms with Gasteiger partial charge in [-0.05, 0) is 43.7 Å². The van der Waals surface area contributed by atoms with Crippen LogP contribution >= 0.6 is 24.0 Å². The number of rotatable bonds is 8. The zero-order chi connectivity index (χ0) is 21.1. The Morgan fingerprint density at radius 3 is 2.45 bits per heavy atom. The Bertz CT molecular complexity index is 842. The van der Waals surface area contributed by atoms with Crippen molar-refractivity contribution in [3.8, 4) is 5.75 Å². The Balaban J connectivity index is 0.00000272. The van der Waals surface area contributed by atoms with Gasteiger partial charge in [0.2, 0.25) is 11.8 Å². The van der Waals surface area contributed by atoms with Gasteiger partial charge in [-0.3, -0.25) is 19.5 Å². The van der Waals surface area contributed by atoms with Crippen LogP contribution < -0.4 is 15.4 Å². The lowest BCUT2D eigenvalue weighted by Gasteiger charge is -2.17. The number of allylic oxidation sites excluding steroid dienone is 2. The molecule has 1 aliphatic heterocycles. The predicted molar refractivity (Wildman–Crippen MR) is 131 cm³/mol. The molecule has 8 heteroatoms. The first-order valence-corrected chi connectivity index (χ1v) is 10.8. The first-order valence-electron chi connectivity index (χ1n) is 10.8. The van der Waals surface area contributed by atoms with Crippen molar-refractivity contribution in [2.75, 3.05) is 32.8 Å². The van der Waals surface area contributed by atoms with Crippen molar-refractivity contribution in [1.82, 2.24) is 15.5 Å². The van der Waals surface area contributed by atoms with Crippen molar-refractivity contribution in [1.29, 1.82) is 0 Å². The minimum Gasteiger partial charge on any atom is -0.491 e. The molecule has 0 spiro atoms. The highest BCUT2D eigenvalue weighted by Gasteiger charge is 2.58. The van der Waals surface area contributed by atoms with Crippen molar-refractivity contribution >= 4 is 41.8 Å².